The largest absolute Gasteiger partial charge is 0.353 e. The maximum atomic E-state index is 13.8. The molecular weight excluding hydrogens is 298 g/mol. The van der Waals surface area contributed by atoms with Gasteiger partial charge in [0, 0.05) is 24.7 Å². The standard InChI is InChI=1S/C15H15Cl2FN2/c1-10(12-5-3-4-6-14(12)18)20(2)15-7-11(8-16)13(17)9-19-15/h3-7,9-10H,8H2,1-2H3. The number of pyridine rings is 1. The summed E-state index contributed by atoms with van der Waals surface area (Å²) in [6, 6.07) is 8.41. The van der Waals surface area contributed by atoms with E-state index in [0.717, 1.165) is 5.56 Å². The third kappa shape index (κ3) is 3.05. The molecule has 106 valence electrons. The van der Waals surface area contributed by atoms with E-state index in [9.17, 15) is 4.39 Å². The van der Waals surface area contributed by atoms with Crippen molar-refractivity contribution < 1.29 is 4.39 Å². The molecule has 5 heteroatoms. The van der Waals surface area contributed by atoms with Gasteiger partial charge in [0.15, 0.2) is 0 Å². The van der Waals surface area contributed by atoms with Crippen LogP contribution in [0.3, 0.4) is 0 Å². The van der Waals surface area contributed by atoms with E-state index in [4.69, 9.17) is 23.2 Å². The second-order valence-electron chi connectivity index (χ2n) is 4.58. The third-order valence-corrected chi connectivity index (χ3v) is 3.99. The number of hydrogen-bond acceptors (Lipinski definition) is 2. The second kappa shape index (κ2) is 6.42. The molecule has 1 unspecified atom stereocenters. The van der Waals surface area contributed by atoms with Crippen LogP contribution >= 0.6 is 23.2 Å². The molecule has 0 fully saturated rings. The summed E-state index contributed by atoms with van der Waals surface area (Å²) in [5.74, 6) is 0.801. The molecule has 0 amide bonds. The minimum absolute atomic E-state index is 0.145. The van der Waals surface area contributed by atoms with Crippen LogP contribution in [0.25, 0.3) is 0 Å². The highest BCUT2D eigenvalue weighted by atomic mass is 35.5. The highest BCUT2D eigenvalue weighted by Crippen LogP contribution is 2.28. The van der Waals surface area contributed by atoms with E-state index in [2.05, 4.69) is 4.98 Å². The highest BCUT2D eigenvalue weighted by molar-refractivity contribution is 6.32. The van der Waals surface area contributed by atoms with Crippen LogP contribution in [-0.4, -0.2) is 12.0 Å². The van der Waals surface area contributed by atoms with Crippen molar-refractivity contribution in [2.45, 2.75) is 18.8 Å². The molecule has 1 aromatic heterocycles. The Morgan fingerprint density at radius 3 is 2.70 bits per heavy atom. The van der Waals surface area contributed by atoms with Gasteiger partial charge in [0.25, 0.3) is 0 Å². The average molecular weight is 313 g/mol. The Morgan fingerprint density at radius 2 is 2.05 bits per heavy atom. The fraction of sp³-hybridized carbons (Fsp3) is 0.267. The maximum Gasteiger partial charge on any atom is 0.129 e. The lowest BCUT2D eigenvalue weighted by molar-refractivity contribution is 0.584. The van der Waals surface area contributed by atoms with Crippen molar-refractivity contribution in [2.24, 2.45) is 0 Å². The Morgan fingerprint density at radius 1 is 1.35 bits per heavy atom. The zero-order chi connectivity index (χ0) is 14.7. The Hall–Kier alpha value is -1.32. The Balaban J connectivity index is 2.31. The SMILES string of the molecule is CC(c1ccccc1F)N(C)c1cc(CCl)c(Cl)cn1. The highest BCUT2D eigenvalue weighted by Gasteiger charge is 2.17. The molecule has 0 aliphatic carbocycles. The van der Waals surface area contributed by atoms with Gasteiger partial charge in [-0.3, -0.25) is 0 Å². The van der Waals surface area contributed by atoms with Crippen LogP contribution in [0.1, 0.15) is 24.1 Å². The van der Waals surface area contributed by atoms with E-state index in [1.54, 1.807) is 18.3 Å². The lowest BCUT2D eigenvalue weighted by Crippen LogP contribution is -2.23. The summed E-state index contributed by atoms with van der Waals surface area (Å²) >= 11 is 11.8. The smallest absolute Gasteiger partial charge is 0.129 e. The van der Waals surface area contributed by atoms with Crippen LogP contribution < -0.4 is 4.90 Å². The average Bonchev–Trinajstić information content (AvgIpc) is 2.47. The van der Waals surface area contributed by atoms with Crippen molar-refractivity contribution in [3.8, 4) is 0 Å². The van der Waals surface area contributed by atoms with Crippen LogP contribution in [0.2, 0.25) is 5.02 Å². The summed E-state index contributed by atoms with van der Waals surface area (Å²) in [7, 11) is 1.87. The number of rotatable bonds is 4. The molecule has 2 rings (SSSR count). The summed E-state index contributed by atoms with van der Waals surface area (Å²) in [5.41, 5.74) is 1.44. The predicted molar refractivity (Wildman–Crippen MR) is 82.0 cm³/mol. The lowest BCUT2D eigenvalue weighted by atomic mass is 10.1. The molecule has 0 saturated carbocycles. The van der Waals surface area contributed by atoms with Crippen LogP contribution in [0.4, 0.5) is 10.2 Å². The molecule has 1 heterocycles. The molecule has 0 aliphatic rings. The van der Waals surface area contributed by atoms with Crippen LogP contribution in [0.5, 0.6) is 0 Å². The molecule has 2 aromatic rings. The van der Waals surface area contributed by atoms with Gasteiger partial charge >= 0.3 is 0 Å². The fourth-order valence-corrected chi connectivity index (χ4v) is 2.44. The molecular formula is C15H15Cl2FN2. The van der Waals surface area contributed by atoms with E-state index < -0.39 is 0 Å². The number of hydrogen-bond donors (Lipinski definition) is 0. The number of alkyl halides is 1. The van der Waals surface area contributed by atoms with Crippen molar-refractivity contribution >= 4 is 29.0 Å². The first-order valence-electron chi connectivity index (χ1n) is 6.22. The van der Waals surface area contributed by atoms with Crippen molar-refractivity contribution in [1.29, 1.82) is 0 Å². The molecule has 0 bridgehead atoms. The summed E-state index contributed by atoms with van der Waals surface area (Å²) in [4.78, 5) is 6.17. The fourth-order valence-electron chi connectivity index (χ4n) is 1.98. The lowest BCUT2D eigenvalue weighted by Gasteiger charge is -2.27. The predicted octanol–water partition coefficient (Wildman–Crippen LogP) is 4.81. The minimum atomic E-state index is -0.224. The first-order valence-corrected chi connectivity index (χ1v) is 7.13. The first-order chi connectivity index (χ1) is 9.54. The van der Waals surface area contributed by atoms with Crippen LogP contribution in [-0.2, 0) is 5.88 Å². The quantitative estimate of drug-likeness (QED) is 0.753. The van der Waals surface area contributed by atoms with Crippen molar-refractivity contribution in [1.82, 2.24) is 4.98 Å². The van der Waals surface area contributed by atoms with E-state index in [-0.39, 0.29) is 11.9 Å². The molecule has 2 nitrogen and oxygen atoms in total. The monoisotopic (exact) mass is 312 g/mol. The summed E-state index contributed by atoms with van der Waals surface area (Å²) in [6.45, 7) is 1.93. The van der Waals surface area contributed by atoms with Crippen molar-refractivity contribution in [3.63, 3.8) is 0 Å². The third-order valence-electron chi connectivity index (χ3n) is 3.36. The first kappa shape index (κ1) is 15.1. The van der Waals surface area contributed by atoms with Crippen LogP contribution in [0, 0.1) is 5.82 Å². The maximum absolute atomic E-state index is 13.8. The molecule has 20 heavy (non-hydrogen) atoms. The molecule has 0 N–H and O–H groups in total. The summed E-state index contributed by atoms with van der Waals surface area (Å²) in [6.07, 6.45) is 1.57. The van der Waals surface area contributed by atoms with E-state index in [0.29, 0.717) is 22.3 Å². The summed E-state index contributed by atoms with van der Waals surface area (Å²) < 4.78 is 13.8. The number of nitrogens with zero attached hydrogens (tertiary/aromatic N) is 2. The topological polar surface area (TPSA) is 16.1 Å². The zero-order valence-electron chi connectivity index (χ0n) is 11.3. The number of anilines is 1. The van der Waals surface area contributed by atoms with Gasteiger partial charge in [0.2, 0.25) is 0 Å². The van der Waals surface area contributed by atoms with Gasteiger partial charge in [-0.2, -0.15) is 0 Å². The van der Waals surface area contributed by atoms with Gasteiger partial charge in [-0.1, -0.05) is 29.8 Å². The molecule has 1 aromatic carbocycles. The van der Waals surface area contributed by atoms with Gasteiger partial charge < -0.3 is 4.90 Å². The molecule has 0 saturated heterocycles. The summed E-state index contributed by atoms with van der Waals surface area (Å²) in [5, 5.41) is 0.538. The number of halogens is 3. The van der Waals surface area contributed by atoms with Gasteiger partial charge in [-0.25, -0.2) is 9.37 Å². The Kier molecular flexibility index (Phi) is 4.84. The Labute approximate surface area is 128 Å². The molecule has 0 aliphatic heterocycles. The zero-order valence-corrected chi connectivity index (χ0v) is 12.8. The molecule has 1 atom stereocenters. The van der Waals surface area contributed by atoms with E-state index in [1.165, 1.54) is 6.07 Å². The van der Waals surface area contributed by atoms with E-state index >= 15 is 0 Å². The minimum Gasteiger partial charge on any atom is -0.353 e. The van der Waals surface area contributed by atoms with E-state index in [1.807, 2.05) is 31.0 Å². The molecule has 0 radical (unpaired) electrons. The van der Waals surface area contributed by atoms with Gasteiger partial charge in [0.05, 0.1) is 11.1 Å². The van der Waals surface area contributed by atoms with Crippen LogP contribution in [0.15, 0.2) is 36.5 Å². The second-order valence-corrected chi connectivity index (χ2v) is 5.25. The van der Waals surface area contributed by atoms with Crippen molar-refractivity contribution in [2.75, 3.05) is 11.9 Å². The van der Waals surface area contributed by atoms with Crippen molar-refractivity contribution in [3.05, 3.63) is 58.5 Å². The van der Waals surface area contributed by atoms with Gasteiger partial charge in [-0.15, -0.1) is 11.6 Å². The molecule has 0 spiro atoms. The normalized spacial score (nSPS) is 12.2. The Bertz CT molecular complexity index is 604. The number of aromatic nitrogens is 1. The van der Waals surface area contributed by atoms with Gasteiger partial charge in [0.1, 0.15) is 11.6 Å². The number of benzene rings is 1. The van der Waals surface area contributed by atoms with Gasteiger partial charge in [-0.05, 0) is 24.6 Å².